The predicted octanol–water partition coefficient (Wildman–Crippen LogP) is 2.62. The second kappa shape index (κ2) is 5.39. The summed E-state index contributed by atoms with van der Waals surface area (Å²) in [6.07, 6.45) is 1.28. The fourth-order valence-electron chi connectivity index (χ4n) is 1.38. The Hall–Kier alpha value is -1.71. The number of rotatable bonds is 5. The number of Topliss-reactive ketones (excluding diaryl/α,β-unsaturated/α-hetero) is 1. The van der Waals surface area contributed by atoms with E-state index in [0.717, 1.165) is 5.56 Å². The number of carbonyl (C=O) groups is 1. The van der Waals surface area contributed by atoms with Crippen LogP contribution in [0.25, 0.3) is 0 Å². The molecule has 0 aliphatic heterocycles. The van der Waals surface area contributed by atoms with Crippen molar-refractivity contribution in [2.75, 3.05) is 6.61 Å². The molecule has 0 aromatic heterocycles. The van der Waals surface area contributed by atoms with E-state index >= 15 is 0 Å². The van der Waals surface area contributed by atoms with Crippen molar-refractivity contribution in [1.82, 2.24) is 0 Å². The summed E-state index contributed by atoms with van der Waals surface area (Å²) in [5, 5.41) is 6.86. The number of nitrogens with one attached hydrogen (secondary N) is 1. The van der Waals surface area contributed by atoms with Crippen molar-refractivity contribution in [1.29, 1.82) is 5.41 Å². The van der Waals surface area contributed by atoms with Gasteiger partial charge < -0.3 is 10.1 Å². The maximum absolute atomic E-state index is 13.8. The normalized spacial score (nSPS) is 9.94. The van der Waals surface area contributed by atoms with Gasteiger partial charge in [0.1, 0.15) is 0 Å². The second-order valence-corrected chi connectivity index (χ2v) is 3.25. The Bertz CT molecular complexity index is 416. The lowest BCUT2D eigenvalue weighted by molar-refractivity contribution is 0.106. The number of ether oxygens (including phenoxy) is 1. The van der Waals surface area contributed by atoms with Gasteiger partial charge in [-0.1, -0.05) is 6.92 Å². The first-order chi connectivity index (χ1) is 7.63. The van der Waals surface area contributed by atoms with Crippen LogP contribution in [0.2, 0.25) is 0 Å². The molecule has 1 N–H and O–H groups in total. The zero-order valence-electron chi connectivity index (χ0n) is 9.34. The van der Waals surface area contributed by atoms with E-state index in [-0.39, 0.29) is 11.3 Å². The number of benzene rings is 1. The molecule has 4 heteroatoms. The van der Waals surface area contributed by atoms with Crippen LogP contribution in [-0.4, -0.2) is 18.6 Å². The molecule has 0 radical (unpaired) electrons. The zero-order chi connectivity index (χ0) is 12.1. The molecule has 1 aromatic carbocycles. The number of halogens is 1. The van der Waals surface area contributed by atoms with Gasteiger partial charge in [-0.2, -0.15) is 0 Å². The third-order valence-electron chi connectivity index (χ3n) is 2.20. The van der Waals surface area contributed by atoms with Gasteiger partial charge in [-0.05, 0) is 31.0 Å². The van der Waals surface area contributed by atoms with Crippen LogP contribution in [0.15, 0.2) is 12.1 Å². The van der Waals surface area contributed by atoms with Gasteiger partial charge in [-0.15, -0.1) is 0 Å². The number of hydrogen-bond acceptors (Lipinski definition) is 3. The van der Waals surface area contributed by atoms with Crippen LogP contribution in [0.4, 0.5) is 4.39 Å². The first-order valence-electron chi connectivity index (χ1n) is 5.14. The van der Waals surface area contributed by atoms with Crippen molar-refractivity contribution < 1.29 is 13.9 Å². The maximum atomic E-state index is 13.8. The Morgan fingerprint density at radius 1 is 1.50 bits per heavy atom. The molecule has 1 aromatic rings. The van der Waals surface area contributed by atoms with Gasteiger partial charge in [0.25, 0.3) is 0 Å². The van der Waals surface area contributed by atoms with Crippen molar-refractivity contribution in [2.45, 2.75) is 20.3 Å². The summed E-state index contributed by atoms with van der Waals surface area (Å²) >= 11 is 0. The Balaban J connectivity index is 3.30. The molecule has 0 heterocycles. The van der Waals surface area contributed by atoms with Gasteiger partial charge in [0, 0.05) is 0 Å². The van der Waals surface area contributed by atoms with Crippen LogP contribution in [0, 0.1) is 11.2 Å². The Kier molecular flexibility index (Phi) is 4.17. The first-order valence-corrected chi connectivity index (χ1v) is 5.14. The van der Waals surface area contributed by atoms with E-state index in [1.54, 1.807) is 13.0 Å². The van der Waals surface area contributed by atoms with Crippen molar-refractivity contribution in [3.05, 3.63) is 29.1 Å². The maximum Gasteiger partial charge on any atom is 0.206 e. The van der Waals surface area contributed by atoms with Crippen molar-refractivity contribution >= 4 is 12.0 Å². The highest BCUT2D eigenvalue weighted by Gasteiger charge is 2.15. The Morgan fingerprint density at radius 3 is 2.69 bits per heavy atom. The minimum absolute atomic E-state index is 0.0760. The minimum Gasteiger partial charge on any atom is -0.491 e. The standard InChI is InChI=1S/C12H14FNO2/c1-3-8-5-9(10(15)7-14)12(13)11(6-8)16-4-2/h5-7,14H,3-4H2,1-2H3. The molecule has 16 heavy (non-hydrogen) atoms. The highest BCUT2D eigenvalue weighted by atomic mass is 19.1. The molecule has 0 bridgehead atoms. The van der Waals surface area contributed by atoms with Gasteiger partial charge >= 0.3 is 0 Å². The zero-order valence-corrected chi connectivity index (χ0v) is 9.34. The highest BCUT2D eigenvalue weighted by Crippen LogP contribution is 2.23. The molecule has 0 atom stereocenters. The molecule has 0 saturated heterocycles. The lowest BCUT2D eigenvalue weighted by atomic mass is 10.0. The van der Waals surface area contributed by atoms with Crippen LogP contribution < -0.4 is 4.74 Å². The third-order valence-corrected chi connectivity index (χ3v) is 2.20. The molecule has 0 aliphatic carbocycles. The van der Waals surface area contributed by atoms with Crippen LogP contribution in [0.1, 0.15) is 29.8 Å². The molecule has 0 saturated carbocycles. The van der Waals surface area contributed by atoms with Crippen LogP contribution in [0.3, 0.4) is 0 Å². The van der Waals surface area contributed by atoms with Crippen LogP contribution in [-0.2, 0) is 6.42 Å². The quantitative estimate of drug-likeness (QED) is 0.616. The highest BCUT2D eigenvalue weighted by molar-refractivity contribution is 6.34. The van der Waals surface area contributed by atoms with Gasteiger partial charge in [0.2, 0.25) is 5.78 Å². The number of ketones is 1. The predicted molar refractivity (Wildman–Crippen MR) is 60.1 cm³/mol. The number of carbonyl (C=O) groups excluding carboxylic acids is 1. The lowest BCUT2D eigenvalue weighted by Crippen LogP contribution is -2.07. The minimum atomic E-state index is -0.687. The topological polar surface area (TPSA) is 50.2 Å². The molecule has 0 unspecified atom stereocenters. The molecule has 0 aliphatic rings. The monoisotopic (exact) mass is 223 g/mol. The first kappa shape index (κ1) is 12.4. The van der Waals surface area contributed by atoms with Gasteiger partial charge in [-0.3, -0.25) is 4.79 Å². The SMILES string of the molecule is CCOc1cc(CC)cc(C(=O)C=N)c1F. The van der Waals surface area contributed by atoms with E-state index in [4.69, 9.17) is 10.1 Å². The summed E-state index contributed by atoms with van der Waals surface area (Å²) < 4.78 is 18.9. The van der Waals surface area contributed by atoms with E-state index in [0.29, 0.717) is 19.2 Å². The molecule has 0 amide bonds. The number of hydrogen-bond donors (Lipinski definition) is 1. The summed E-state index contributed by atoms with van der Waals surface area (Å²) in [6, 6.07) is 3.05. The van der Waals surface area contributed by atoms with Gasteiger partial charge in [0.05, 0.1) is 18.4 Å². The summed E-state index contributed by atoms with van der Waals surface area (Å²) in [5.74, 6) is -1.26. The third kappa shape index (κ3) is 2.45. The van der Waals surface area contributed by atoms with Gasteiger partial charge in [0.15, 0.2) is 11.6 Å². The fourth-order valence-corrected chi connectivity index (χ4v) is 1.38. The molecular weight excluding hydrogens is 209 g/mol. The van der Waals surface area contributed by atoms with E-state index < -0.39 is 11.6 Å². The fraction of sp³-hybridized carbons (Fsp3) is 0.333. The summed E-state index contributed by atoms with van der Waals surface area (Å²) in [5.41, 5.74) is 0.716. The molecule has 1 rings (SSSR count). The van der Waals surface area contributed by atoms with E-state index in [9.17, 15) is 9.18 Å². The molecule has 0 fully saturated rings. The molecule has 3 nitrogen and oxygen atoms in total. The van der Waals surface area contributed by atoms with E-state index in [1.165, 1.54) is 6.07 Å². The molecular formula is C12H14FNO2. The molecule has 86 valence electrons. The summed E-state index contributed by atoms with van der Waals surface area (Å²) in [7, 11) is 0. The molecule has 0 spiro atoms. The lowest BCUT2D eigenvalue weighted by Gasteiger charge is -2.09. The van der Waals surface area contributed by atoms with Crippen molar-refractivity contribution in [3.63, 3.8) is 0 Å². The average Bonchev–Trinajstić information content (AvgIpc) is 2.31. The Morgan fingerprint density at radius 2 is 2.19 bits per heavy atom. The Labute approximate surface area is 93.7 Å². The van der Waals surface area contributed by atoms with E-state index in [2.05, 4.69) is 0 Å². The van der Waals surface area contributed by atoms with Crippen molar-refractivity contribution in [2.24, 2.45) is 0 Å². The summed E-state index contributed by atoms with van der Waals surface area (Å²) in [4.78, 5) is 11.3. The van der Waals surface area contributed by atoms with Crippen LogP contribution in [0.5, 0.6) is 5.75 Å². The summed E-state index contributed by atoms with van der Waals surface area (Å²) in [6.45, 7) is 3.99. The average molecular weight is 223 g/mol. The van der Waals surface area contributed by atoms with Crippen molar-refractivity contribution in [3.8, 4) is 5.75 Å². The smallest absolute Gasteiger partial charge is 0.206 e. The second-order valence-electron chi connectivity index (χ2n) is 3.25. The largest absolute Gasteiger partial charge is 0.491 e. The van der Waals surface area contributed by atoms with Gasteiger partial charge in [-0.25, -0.2) is 4.39 Å². The number of aryl methyl sites for hydroxylation is 1. The van der Waals surface area contributed by atoms with Crippen LogP contribution >= 0.6 is 0 Å². The van der Waals surface area contributed by atoms with E-state index in [1.807, 2.05) is 6.92 Å².